The predicted molar refractivity (Wildman–Crippen MR) is 99.2 cm³/mol. The molecule has 1 aliphatic heterocycles. The fourth-order valence-corrected chi connectivity index (χ4v) is 4.52. The van der Waals surface area contributed by atoms with E-state index in [9.17, 15) is 4.79 Å². The monoisotopic (exact) mass is 343 g/mol. The van der Waals surface area contributed by atoms with Crippen molar-refractivity contribution in [2.75, 3.05) is 18.8 Å². The average molecular weight is 343 g/mol. The Morgan fingerprint density at radius 2 is 2.08 bits per heavy atom. The van der Waals surface area contributed by atoms with Gasteiger partial charge in [-0.15, -0.1) is 0 Å². The van der Waals surface area contributed by atoms with Crippen LogP contribution < -0.4 is 0 Å². The number of aryl methyl sites for hydroxylation is 2. The molecule has 5 heteroatoms. The lowest BCUT2D eigenvalue weighted by molar-refractivity contribution is -0.130. The van der Waals surface area contributed by atoms with Crippen molar-refractivity contribution in [2.45, 2.75) is 38.4 Å². The molecular formula is C19H25N3OS. The van der Waals surface area contributed by atoms with Crippen LogP contribution in [0, 0.1) is 13.8 Å². The first kappa shape index (κ1) is 17.1. The zero-order chi connectivity index (χ0) is 16.9. The molecule has 1 aromatic heterocycles. The number of thioether (sulfide) groups is 1. The summed E-state index contributed by atoms with van der Waals surface area (Å²) >= 11 is 1.97. The topological polar surface area (TPSA) is 49.0 Å². The second-order valence-corrected chi connectivity index (χ2v) is 7.66. The Bertz CT molecular complexity index is 664. The number of aromatic nitrogens is 2. The van der Waals surface area contributed by atoms with Gasteiger partial charge in [-0.2, -0.15) is 16.9 Å². The van der Waals surface area contributed by atoms with Gasteiger partial charge in [0.25, 0.3) is 0 Å². The van der Waals surface area contributed by atoms with Crippen LogP contribution in [-0.4, -0.2) is 39.8 Å². The normalized spacial score (nSPS) is 18.4. The van der Waals surface area contributed by atoms with Crippen LogP contribution in [-0.2, 0) is 11.2 Å². The molecule has 2 aromatic rings. The largest absolute Gasteiger partial charge is 0.342 e. The first-order valence-electron chi connectivity index (χ1n) is 8.60. The van der Waals surface area contributed by atoms with E-state index < -0.39 is 0 Å². The van der Waals surface area contributed by atoms with Gasteiger partial charge in [0, 0.05) is 36.2 Å². The number of aromatic amines is 1. The van der Waals surface area contributed by atoms with Gasteiger partial charge in [0.1, 0.15) is 0 Å². The highest BCUT2D eigenvalue weighted by molar-refractivity contribution is 7.99. The van der Waals surface area contributed by atoms with E-state index >= 15 is 0 Å². The van der Waals surface area contributed by atoms with Gasteiger partial charge in [-0.3, -0.25) is 9.89 Å². The first-order chi connectivity index (χ1) is 11.6. The Hall–Kier alpha value is -1.75. The fourth-order valence-electron chi connectivity index (χ4n) is 3.29. The molecule has 0 bridgehead atoms. The Labute approximate surface area is 148 Å². The van der Waals surface area contributed by atoms with Gasteiger partial charge < -0.3 is 4.90 Å². The molecule has 1 atom stereocenters. The van der Waals surface area contributed by atoms with Crippen molar-refractivity contribution in [1.29, 1.82) is 0 Å². The highest BCUT2D eigenvalue weighted by Crippen LogP contribution is 2.34. The Morgan fingerprint density at radius 1 is 1.29 bits per heavy atom. The van der Waals surface area contributed by atoms with Gasteiger partial charge in [0.05, 0.1) is 5.69 Å². The molecule has 0 aliphatic carbocycles. The van der Waals surface area contributed by atoms with Gasteiger partial charge in [-0.1, -0.05) is 30.3 Å². The number of rotatable bonds is 4. The Kier molecular flexibility index (Phi) is 5.61. The summed E-state index contributed by atoms with van der Waals surface area (Å²) in [6.07, 6.45) is 2.38. The van der Waals surface area contributed by atoms with Crippen molar-refractivity contribution in [2.24, 2.45) is 0 Å². The molecule has 4 nitrogen and oxygen atoms in total. The summed E-state index contributed by atoms with van der Waals surface area (Å²) in [6.45, 7) is 5.73. The second kappa shape index (κ2) is 7.88. The SMILES string of the molecule is Cc1n[nH]c(C)c1CCC(=O)N1CCS[C@@H](c2ccccc2)CC1. The number of H-pyrrole nitrogens is 1. The fraction of sp³-hybridized carbons (Fsp3) is 0.474. The van der Waals surface area contributed by atoms with Crippen LogP contribution in [0.1, 0.15) is 40.6 Å². The van der Waals surface area contributed by atoms with Gasteiger partial charge in [-0.25, -0.2) is 0 Å². The maximum Gasteiger partial charge on any atom is 0.222 e. The predicted octanol–water partition coefficient (Wildman–Crippen LogP) is 3.67. The molecule has 1 amide bonds. The van der Waals surface area contributed by atoms with E-state index in [2.05, 4.69) is 40.5 Å². The summed E-state index contributed by atoms with van der Waals surface area (Å²) in [5, 5.41) is 7.71. The molecule has 1 saturated heterocycles. The molecule has 1 aromatic carbocycles. The standard InChI is InChI=1S/C19H25N3OS/c1-14-17(15(2)21-20-14)8-9-19(23)22-11-10-18(24-13-12-22)16-6-4-3-5-7-16/h3-7,18H,8-13H2,1-2H3,(H,20,21)/t18-/m1/s1. The van der Waals surface area contributed by atoms with Crippen molar-refractivity contribution < 1.29 is 4.79 Å². The Balaban J connectivity index is 1.55. The van der Waals surface area contributed by atoms with Crippen molar-refractivity contribution in [3.8, 4) is 0 Å². The summed E-state index contributed by atoms with van der Waals surface area (Å²) in [5.41, 5.74) is 4.66. The maximum atomic E-state index is 12.6. The molecule has 0 spiro atoms. The number of carbonyl (C=O) groups is 1. The minimum atomic E-state index is 0.268. The molecule has 0 saturated carbocycles. The molecule has 1 fully saturated rings. The van der Waals surface area contributed by atoms with Crippen LogP contribution in [0.3, 0.4) is 0 Å². The third-order valence-corrected chi connectivity index (χ3v) is 6.06. The first-order valence-corrected chi connectivity index (χ1v) is 9.65. The molecule has 3 rings (SSSR count). The summed E-state index contributed by atoms with van der Waals surface area (Å²) in [6, 6.07) is 10.6. The number of amides is 1. The molecular weight excluding hydrogens is 318 g/mol. The minimum absolute atomic E-state index is 0.268. The number of hydrogen-bond donors (Lipinski definition) is 1. The van der Waals surface area contributed by atoms with Gasteiger partial charge in [0.2, 0.25) is 5.91 Å². The summed E-state index contributed by atoms with van der Waals surface area (Å²) in [7, 11) is 0. The quantitative estimate of drug-likeness (QED) is 0.921. The number of nitrogens with one attached hydrogen (secondary N) is 1. The highest BCUT2D eigenvalue weighted by atomic mass is 32.2. The van der Waals surface area contributed by atoms with Crippen LogP contribution in [0.25, 0.3) is 0 Å². The van der Waals surface area contributed by atoms with Crippen LogP contribution in [0.5, 0.6) is 0 Å². The molecule has 0 radical (unpaired) electrons. The lowest BCUT2D eigenvalue weighted by Crippen LogP contribution is -2.33. The molecule has 1 aliphatic rings. The molecule has 0 unspecified atom stereocenters. The Morgan fingerprint density at radius 3 is 2.79 bits per heavy atom. The minimum Gasteiger partial charge on any atom is -0.342 e. The van der Waals surface area contributed by atoms with Crippen molar-refractivity contribution in [1.82, 2.24) is 15.1 Å². The van der Waals surface area contributed by atoms with E-state index in [1.54, 1.807) is 0 Å². The number of nitrogens with zero attached hydrogens (tertiary/aromatic N) is 2. The summed E-state index contributed by atoms with van der Waals surface area (Å²) < 4.78 is 0. The van der Waals surface area contributed by atoms with Crippen LogP contribution >= 0.6 is 11.8 Å². The van der Waals surface area contributed by atoms with Gasteiger partial charge >= 0.3 is 0 Å². The number of hydrogen-bond acceptors (Lipinski definition) is 3. The molecule has 1 N–H and O–H groups in total. The lowest BCUT2D eigenvalue weighted by Gasteiger charge is -2.20. The van der Waals surface area contributed by atoms with E-state index in [1.165, 1.54) is 11.1 Å². The van der Waals surface area contributed by atoms with Crippen LogP contribution in [0.2, 0.25) is 0 Å². The molecule has 2 heterocycles. The van der Waals surface area contributed by atoms with Crippen LogP contribution in [0.4, 0.5) is 0 Å². The zero-order valence-electron chi connectivity index (χ0n) is 14.4. The maximum absolute atomic E-state index is 12.6. The number of benzene rings is 1. The van der Waals surface area contributed by atoms with E-state index in [4.69, 9.17) is 0 Å². The second-order valence-electron chi connectivity index (χ2n) is 6.35. The van der Waals surface area contributed by atoms with E-state index in [-0.39, 0.29) is 5.91 Å². The van der Waals surface area contributed by atoms with E-state index in [0.29, 0.717) is 11.7 Å². The van der Waals surface area contributed by atoms with Gasteiger partial charge in [-0.05, 0) is 37.8 Å². The zero-order valence-corrected chi connectivity index (χ0v) is 15.2. The van der Waals surface area contributed by atoms with Crippen LogP contribution in [0.15, 0.2) is 30.3 Å². The summed E-state index contributed by atoms with van der Waals surface area (Å²) in [5.74, 6) is 1.28. The highest BCUT2D eigenvalue weighted by Gasteiger charge is 2.22. The third-order valence-electron chi connectivity index (χ3n) is 4.74. The van der Waals surface area contributed by atoms with E-state index in [0.717, 1.165) is 43.1 Å². The van der Waals surface area contributed by atoms with Crippen molar-refractivity contribution >= 4 is 17.7 Å². The molecule has 128 valence electrons. The third kappa shape index (κ3) is 4.01. The average Bonchev–Trinajstić information content (AvgIpc) is 2.81. The molecule has 24 heavy (non-hydrogen) atoms. The van der Waals surface area contributed by atoms with E-state index in [1.807, 2.05) is 30.5 Å². The smallest absolute Gasteiger partial charge is 0.222 e. The number of carbonyl (C=O) groups excluding carboxylic acids is 1. The summed E-state index contributed by atoms with van der Waals surface area (Å²) in [4.78, 5) is 14.6. The van der Waals surface area contributed by atoms with Gasteiger partial charge in [0.15, 0.2) is 0 Å². The van der Waals surface area contributed by atoms with Crippen molar-refractivity contribution in [3.05, 3.63) is 52.8 Å². The van der Waals surface area contributed by atoms with Crippen molar-refractivity contribution in [3.63, 3.8) is 0 Å². The lowest BCUT2D eigenvalue weighted by atomic mass is 10.1.